The third-order valence-corrected chi connectivity index (χ3v) is 3.25. The maximum absolute atomic E-state index is 12.0. The predicted octanol–water partition coefficient (Wildman–Crippen LogP) is 2.50. The van der Waals surface area contributed by atoms with Crippen LogP contribution in [-0.2, 0) is 4.79 Å². The van der Waals surface area contributed by atoms with Gasteiger partial charge in [-0.05, 0) is 49.4 Å². The minimum Gasteiger partial charge on any atom is -0.494 e. The van der Waals surface area contributed by atoms with Crippen molar-refractivity contribution in [3.05, 3.63) is 54.1 Å². The normalized spacial score (nSPS) is 9.92. The zero-order valence-electron chi connectivity index (χ0n) is 13.8. The van der Waals surface area contributed by atoms with Gasteiger partial charge in [-0.25, -0.2) is 0 Å². The maximum atomic E-state index is 12.0. The van der Waals surface area contributed by atoms with Gasteiger partial charge in [-0.3, -0.25) is 9.59 Å². The molecule has 0 aliphatic heterocycles. The van der Waals surface area contributed by atoms with E-state index in [0.717, 1.165) is 5.75 Å². The average Bonchev–Trinajstić information content (AvgIpc) is 2.61. The van der Waals surface area contributed by atoms with Crippen molar-refractivity contribution in [1.82, 2.24) is 5.32 Å². The first-order chi connectivity index (χ1) is 11.6. The molecule has 2 amide bonds. The summed E-state index contributed by atoms with van der Waals surface area (Å²) in [5, 5.41) is 8.36. The second kappa shape index (κ2) is 8.57. The fourth-order valence-electron chi connectivity index (χ4n) is 2.10. The Kier molecular flexibility index (Phi) is 6.19. The number of carbonyl (C=O) groups excluding carboxylic acids is 2. The summed E-state index contributed by atoms with van der Waals surface area (Å²) in [7, 11) is 1.58. The van der Waals surface area contributed by atoms with E-state index in [1.54, 1.807) is 55.6 Å². The summed E-state index contributed by atoms with van der Waals surface area (Å²) in [4.78, 5) is 23.6. The molecule has 2 rings (SSSR count). The molecule has 0 aliphatic rings. The predicted molar refractivity (Wildman–Crippen MR) is 94.6 cm³/mol. The summed E-state index contributed by atoms with van der Waals surface area (Å²) in [5.74, 6) is 0.418. The van der Waals surface area contributed by atoms with Crippen LogP contribution in [0, 0.1) is 0 Å². The number of carbonyl (C=O) groups is 2. The lowest BCUT2D eigenvalue weighted by Crippen LogP contribution is -2.22. The molecule has 0 spiro atoms. The first-order valence-electron chi connectivity index (χ1n) is 7.71. The maximum Gasteiger partial charge on any atom is 0.251 e. The number of benzene rings is 2. The van der Waals surface area contributed by atoms with Crippen LogP contribution in [0.3, 0.4) is 0 Å². The molecule has 0 saturated heterocycles. The molecule has 2 aromatic carbocycles. The van der Waals surface area contributed by atoms with E-state index in [0.29, 0.717) is 23.5 Å². The second-order valence-electron chi connectivity index (χ2n) is 5.02. The van der Waals surface area contributed by atoms with E-state index >= 15 is 0 Å². The van der Waals surface area contributed by atoms with Gasteiger partial charge in [0.1, 0.15) is 5.75 Å². The van der Waals surface area contributed by atoms with E-state index in [4.69, 9.17) is 4.74 Å². The Morgan fingerprint density at radius 2 is 1.79 bits per heavy atom. The Morgan fingerprint density at radius 1 is 1.04 bits per heavy atom. The third-order valence-electron chi connectivity index (χ3n) is 3.25. The Hall–Kier alpha value is -3.02. The Balaban J connectivity index is 1.87. The van der Waals surface area contributed by atoms with Crippen LogP contribution >= 0.6 is 0 Å². The number of amides is 2. The van der Waals surface area contributed by atoms with Crippen molar-refractivity contribution in [2.45, 2.75) is 6.92 Å². The van der Waals surface area contributed by atoms with Crippen LogP contribution in [0.5, 0.6) is 5.75 Å². The number of rotatable bonds is 7. The molecule has 0 aliphatic carbocycles. The molecule has 0 aromatic heterocycles. The van der Waals surface area contributed by atoms with E-state index in [1.165, 1.54) is 0 Å². The quantitative estimate of drug-likeness (QED) is 0.730. The molecule has 0 radical (unpaired) electrons. The standard InChI is InChI=1S/C18H21N3O3/c1-3-24-16-9-7-14(8-10-16)21-17(22)12-20-15-6-4-5-13(11-15)18(23)19-2/h4-11,20H,3,12H2,1-2H3,(H,19,23)(H,21,22). The van der Waals surface area contributed by atoms with Crippen molar-refractivity contribution >= 4 is 23.2 Å². The number of hydrogen-bond acceptors (Lipinski definition) is 4. The molecule has 0 atom stereocenters. The van der Waals surface area contributed by atoms with Crippen LogP contribution in [0.15, 0.2) is 48.5 Å². The topological polar surface area (TPSA) is 79.5 Å². The van der Waals surface area contributed by atoms with Gasteiger partial charge in [0, 0.05) is 24.0 Å². The van der Waals surface area contributed by atoms with Gasteiger partial charge in [0.15, 0.2) is 0 Å². The summed E-state index contributed by atoms with van der Waals surface area (Å²) in [5.41, 5.74) is 1.94. The molecule has 0 saturated carbocycles. The highest BCUT2D eigenvalue weighted by Crippen LogP contribution is 2.15. The zero-order valence-corrected chi connectivity index (χ0v) is 13.8. The number of hydrogen-bond donors (Lipinski definition) is 3. The fourth-order valence-corrected chi connectivity index (χ4v) is 2.10. The number of nitrogens with one attached hydrogen (secondary N) is 3. The Labute approximate surface area is 141 Å². The minimum absolute atomic E-state index is 0.102. The summed E-state index contributed by atoms with van der Waals surface area (Å²) in [6, 6.07) is 14.2. The van der Waals surface area contributed by atoms with Crippen molar-refractivity contribution < 1.29 is 14.3 Å². The molecule has 3 N–H and O–H groups in total. The van der Waals surface area contributed by atoms with E-state index in [1.807, 2.05) is 6.92 Å². The van der Waals surface area contributed by atoms with Crippen LogP contribution in [0.2, 0.25) is 0 Å². The van der Waals surface area contributed by atoms with Gasteiger partial charge in [-0.15, -0.1) is 0 Å². The smallest absolute Gasteiger partial charge is 0.251 e. The van der Waals surface area contributed by atoms with E-state index in [2.05, 4.69) is 16.0 Å². The molecule has 6 heteroatoms. The largest absolute Gasteiger partial charge is 0.494 e. The van der Waals surface area contributed by atoms with Crippen LogP contribution in [-0.4, -0.2) is 32.0 Å². The molecule has 126 valence electrons. The van der Waals surface area contributed by atoms with Gasteiger partial charge in [0.2, 0.25) is 5.91 Å². The highest BCUT2D eigenvalue weighted by atomic mass is 16.5. The van der Waals surface area contributed by atoms with Gasteiger partial charge in [-0.2, -0.15) is 0 Å². The van der Waals surface area contributed by atoms with E-state index in [9.17, 15) is 9.59 Å². The van der Waals surface area contributed by atoms with Crippen molar-refractivity contribution in [2.75, 3.05) is 30.8 Å². The second-order valence-corrected chi connectivity index (χ2v) is 5.02. The van der Waals surface area contributed by atoms with Gasteiger partial charge in [-0.1, -0.05) is 6.07 Å². The SMILES string of the molecule is CCOc1ccc(NC(=O)CNc2cccc(C(=O)NC)c2)cc1. The van der Waals surface area contributed by atoms with Crippen molar-refractivity contribution in [2.24, 2.45) is 0 Å². The highest BCUT2D eigenvalue weighted by molar-refractivity contribution is 5.96. The molecule has 0 unspecified atom stereocenters. The Bertz CT molecular complexity index is 699. The summed E-state index contributed by atoms with van der Waals surface area (Å²) >= 11 is 0. The van der Waals surface area contributed by atoms with E-state index in [-0.39, 0.29) is 18.4 Å². The van der Waals surface area contributed by atoms with Crippen molar-refractivity contribution in [3.63, 3.8) is 0 Å². The molecular weight excluding hydrogens is 306 g/mol. The summed E-state index contributed by atoms with van der Waals surface area (Å²) in [6.45, 7) is 2.62. The van der Waals surface area contributed by atoms with Crippen molar-refractivity contribution in [3.8, 4) is 5.75 Å². The molecule has 2 aromatic rings. The zero-order chi connectivity index (χ0) is 17.4. The van der Waals surface area contributed by atoms with Gasteiger partial charge in [0.25, 0.3) is 5.91 Å². The first-order valence-corrected chi connectivity index (χ1v) is 7.71. The summed E-state index contributed by atoms with van der Waals surface area (Å²) in [6.07, 6.45) is 0. The molecular formula is C18H21N3O3. The highest BCUT2D eigenvalue weighted by Gasteiger charge is 2.06. The number of ether oxygens (including phenoxy) is 1. The first kappa shape index (κ1) is 17.3. The lowest BCUT2D eigenvalue weighted by Gasteiger charge is -2.09. The van der Waals surface area contributed by atoms with Crippen molar-refractivity contribution in [1.29, 1.82) is 0 Å². The van der Waals surface area contributed by atoms with Crippen LogP contribution in [0.25, 0.3) is 0 Å². The molecule has 0 fully saturated rings. The van der Waals surface area contributed by atoms with Gasteiger partial charge < -0.3 is 20.7 Å². The molecule has 6 nitrogen and oxygen atoms in total. The number of anilines is 2. The lowest BCUT2D eigenvalue weighted by atomic mass is 10.2. The van der Waals surface area contributed by atoms with Gasteiger partial charge >= 0.3 is 0 Å². The fraction of sp³-hybridized carbons (Fsp3) is 0.222. The Morgan fingerprint density at radius 3 is 2.46 bits per heavy atom. The van der Waals surface area contributed by atoms with E-state index < -0.39 is 0 Å². The molecule has 0 heterocycles. The monoisotopic (exact) mass is 327 g/mol. The van der Waals surface area contributed by atoms with Crippen LogP contribution in [0.4, 0.5) is 11.4 Å². The van der Waals surface area contributed by atoms with Crippen LogP contribution in [0.1, 0.15) is 17.3 Å². The lowest BCUT2D eigenvalue weighted by molar-refractivity contribution is -0.114. The van der Waals surface area contributed by atoms with Crippen LogP contribution < -0.4 is 20.7 Å². The minimum atomic E-state index is -0.176. The molecule has 24 heavy (non-hydrogen) atoms. The average molecular weight is 327 g/mol. The van der Waals surface area contributed by atoms with Gasteiger partial charge in [0.05, 0.1) is 13.2 Å². The third kappa shape index (κ3) is 5.01. The summed E-state index contributed by atoms with van der Waals surface area (Å²) < 4.78 is 5.35. The molecule has 0 bridgehead atoms.